The van der Waals surface area contributed by atoms with Crippen LogP contribution in [-0.4, -0.2) is 61.4 Å². The summed E-state index contributed by atoms with van der Waals surface area (Å²) in [6.07, 6.45) is 0. The van der Waals surface area contributed by atoms with Crippen molar-refractivity contribution in [3.05, 3.63) is 34.1 Å². The first-order valence-corrected chi connectivity index (χ1v) is 7.47. The third-order valence-corrected chi connectivity index (χ3v) is 4.04. The number of halogens is 3. The van der Waals surface area contributed by atoms with Gasteiger partial charge in [0.15, 0.2) is 0 Å². The first-order chi connectivity index (χ1) is 9.99. The Balaban J connectivity index is 0.00000242. The molecule has 5 nitrogen and oxygen atoms in total. The maximum absolute atomic E-state index is 13.3. The maximum atomic E-state index is 13.3. The summed E-state index contributed by atoms with van der Waals surface area (Å²) < 4.78 is 13.8. The van der Waals surface area contributed by atoms with E-state index < -0.39 is 5.82 Å². The van der Waals surface area contributed by atoms with Gasteiger partial charge < -0.3 is 15.1 Å². The van der Waals surface area contributed by atoms with Crippen LogP contribution < -0.4 is 5.32 Å². The summed E-state index contributed by atoms with van der Waals surface area (Å²) in [6, 6.07) is 3.92. The summed E-state index contributed by atoms with van der Waals surface area (Å²) in [7, 11) is 1.54. The number of rotatable bonds is 3. The fraction of sp³-hybridized carbons (Fsp3) is 0.429. The number of likely N-dealkylation sites (N-methyl/N-ethyl adjacent to an activating group) is 1. The minimum atomic E-state index is -0.483. The second-order valence-electron chi connectivity index (χ2n) is 4.92. The Hall–Kier alpha value is -1.18. The molecule has 0 aromatic heterocycles. The molecule has 1 aliphatic rings. The molecule has 0 spiro atoms. The Bertz CT molecular complexity index is 553. The normalized spacial score (nSPS) is 14.2. The Morgan fingerprint density at radius 1 is 1.36 bits per heavy atom. The molecule has 8 heteroatoms. The van der Waals surface area contributed by atoms with Crippen molar-refractivity contribution in [2.24, 2.45) is 0 Å². The van der Waals surface area contributed by atoms with Crippen LogP contribution in [0, 0.1) is 5.82 Å². The highest BCUT2D eigenvalue weighted by atomic mass is 79.9. The van der Waals surface area contributed by atoms with E-state index in [9.17, 15) is 14.0 Å². The first-order valence-electron chi connectivity index (χ1n) is 6.68. The molecule has 1 saturated heterocycles. The van der Waals surface area contributed by atoms with Crippen LogP contribution in [0.15, 0.2) is 22.7 Å². The van der Waals surface area contributed by atoms with Crippen molar-refractivity contribution >= 4 is 40.2 Å². The molecule has 0 atom stereocenters. The number of carbonyl (C=O) groups is 2. The smallest absolute Gasteiger partial charge is 0.255 e. The third-order valence-electron chi connectivity index (χ3n) is 3.35. The van der Waals surface area contributed by atoms with Crippen LogP contribution in [0.5, 0.6) is 0 Å². The van der Waals surface area contributed by atoms with Crippen molar-refractivity contribution in [2.45, 2.75) is 0 Å². The lowest BCUT2D eigenvalue weighted by atomic mass is 10.2. The lowest BCUT2D eigenvalue weighted by Crippen LogP contribution is -2.49. The van der Waals surface area contributed by atoms with Crippen LogP contribution >= 0.6 is 28.3 Å². The third kappa shape index (κ3) is 4.66. The molecule has 0 aliphatic carbocycles. The fourth-order valence-electron chi connectivity index (χ4n) is 2.16. The molecule has 1 N–H and O–H groups in total. The highest BCUT2D eigenvalue weighted by molar-refractivity contribution is 9.10. The van der Waals surface area contributed by atoms with Crippen LogP contribution in [0.2, 0.25) is 0 Å². The Labute approximate surface area is 143 Å². The van der Waals surface area contributed by atoms with Crippen LogP contribution in [0.3, 0.4) is 0 Å². The predicted molar refractivity (Wildman–Crippen MR) is 87.8 cm³/mol. The van der Waals surface area contributed by atoms with E-state index in [1.165, 1.54) is 17.0 Å². The summed E-state index contributed by atoms with van der Waals surface area (Å²) >= 11 is 3.22. The quantitative estimate of drug-likeness (QED) is 0.846. The fourth-order valence-corrected chi connectivity index (χ4v) is 2.57. The van der Waals surface area contributed by atoms with Gasteiger partial charge in [-0.1, -0.05) is 0 Å². The number of nitrogens with zero attached hydrogens (tertiary/aromatic N) is 2. The van der Waals surface area contributed by atoms with Gasteiger partial charge in [0.1, 0.15) is 5.82 Å². The van der Waals surface area contributed by atoms with E-state index in [1.807, 2.05) is 0 Å². The average molecular weight is 395 g/mol. The van der Waals surface area contributed by atoms with Gasteiger partial charge in [0.25, 0.3) is 5.91 Å². The molecule has 1 aromatic rings. The van der Waals surface area contributed by atoms with Gasteiger partial charge in [-0.25, -0.2) is 4.39 Å². The second kappa shape index (κ2) is 8.45. The minimum absolute atomic E-state index is 0. The van der Waals surface area contributed by atoms with E-state index in [-0.39, 0.29) is 36.3 Å². The Morgan fingerprint density at radius 2 is 2.00 bits per heavy atom. The topological polar surface area (TPSA) is 52.7 Å². The van der Waals surface area contributed by atoms with E-state index in [0.717, 1.165) is 19.2 Å². The van der Waals surface area contributed by atoms with Gasteiger partial charge in [0, 0.05) is 37.7 Å². The van der Waals surface area contributed by atoms with Gasteiger partial charge >= 0.3 is 0 Å². The summed E-state index contributed by atoms with van der Waals surface area (Å²) in [5, 5.41) is 3.16. The molecular weight excluding hydrogens is 377 g/mol. The number of amides is 2. The SMILES string of the molecule is CN(CC(=O)N1CCNCC1)C(=O)c1cc(F)ccc1Br.Cl. The highest BCUT2D eigenvalue weighted by Gasteiger charge is 2.22. The van der Waals surface area contributed by atoms with Crippen LogP contribution in [0.1, 0.15) is 10.4 Å². The molecule has 0 unspecified atom stereocenters. The van der Waals surface area contributed by atoms with Gasteiger partial charge in [-0.15, -0.1) is 12.4 Å². The molecule has 1 heterocycles. The van der Waals surface area contributed by atoms with E-state index in [2.05, 4.69) is 21.2 Å². The standard InChI is InChI=1S/C14H17BrFN3O2.ClH/c1-18(9-13(20)19-6-4-17-5-7-19)14(21)11-8-10(16)2-3-12(11)15;/h2-3,8,17H,4-7,9H2,1H3;1H. The molecule has 22 heavy (non-hydrogen) atoms. The average Bonchev–Trinajstić information content (AvgIpc) is 2.49. The Morgan fingerprint density at radius 3 is 2.64 bits per heavy atom. The van der Waals surface area contributed by atoms with Crippen LogP contribution in [-0.2, 0) is 4.79 Å². The maximum Gasteiger partial charge on any atom is 0.255 e. The van der Waals surface area contributed by atoms with Crippen molar-refractivity contribution in [1.29, 1.82) is 0 Å². The predicted octanol–water partition coefficient (Wildman–Crippen LogP) is 1.51. The molecule has 2 amide bonds. The van der Waals surface area contributed by atoms with E-state index >= 15 is 0 Å². The zero-order valence-corrected chi connectivity index (χ0v) is 14.5. The van der Waals surface area contributed by atoms with Crippen LogP contribution in [0.4, 0.5) is 4.39 Å². The van der Waals surface area contributed by atoms with E-state index in [1.54, 1.807) is 11.9 Å². The largest absolute Gasteiger partial charge is 0.339 e. The molecule has 2 rings (SSSR count). The molecule has 0 bridgehead atoms. The van der Waals surface area contributed by atoms with Gasteiger partial charge in [-0.2, -0.15) is 0 Å². The van der Waals surface area contributed by atoms with Crippen molar-refractivity contribution in [2.75, 3.05) is 39.8 Å². The monoisotopic (exact) mass is 393 g/mol. The number of benzene rings is 1. The van der Waals surface area contributed by atoms with Crippen molar-refractivity contribution in [3.8, 4) is 0 Å². The van der Waals surface area contributed by atoms with Gasteiger partial charge in [0.2, 0.25) is 5.91 Å². The van der Waals surface area contributed by atoms with E-state index in [0.29, 0.717) is 17.6 Å². The van der Waals surface area contributed by atoms with Crippen LogP contribution in [0.25, 0.3) is 0 Å². The second-order valence-corrected chi connectivity index (χ2v) is 5.77. The van der Waals surface area contributed by atoms with Crippen molar-refractivity contribution in [3.63, 3.8) is 0 Å². The first kappa shape index (κ1) is 18.9. The summed E-state index contributed by atoms with van der Waals surface area (Å²) in [4.78, 5) is 27.4. The molecule has 122 valence electrons. The zero-order chi connectivity index (χ0) is 15.4. The number of nitrogens with one attached hydrogen (secondary N) is 1. The molecular formula is C14H18BrClFN3O2. The van der Waals surface area contributed by atoms with Crippen molar-refractivity contribution in [1.82, 2.24) is 15.1 Å². The number of hydrogen-bond acceptors (Lipinski definition) is 3. The number of piperazine rings is 1. The van der Waals surface area contributed by atoms with Gasteiger partial charge in [0.05, 0.1) is 12.1 Å². The lowest BCUT2D eigenvalue weighted by Gasteiger charge is -2.29. The Kier molecular flexibility index (Phi) is 7.25. The molecule has 1 aromatic carbocycles. The summed E-state index contributed by atoms with van der Waals surface area (Å²) in [5.74, 6) is -0.965. The summed E-state index contributed by atoms with van der Waals surface area (Å²) in [5.41, 5.74) is 0.214. The minimum Gasteiger partial charge on any atom is -0.339 e. The zero-order valence-electron chi connectivity index (χ0n) is 12.1. The summed E-state index contributed by atoms with van der Waals surface area (Å²) in [6.45, 7) is 2.80. The molecule has 1 fully saturated rings. The number of hydrogen-bond donors (Lipinski definition) is 1. The van der Waals surface area contributed by atoms with Gasteiger partial charge in [-0.3, -0.25) is 9.59 Å². The molecule has 1 aliphatic heterocycles. The van der Waals surface area contributed by atoms with Crippen molar-refractivity contribution < 1.29 is 14.0 Å². The lowest BCUT2D eigenvalue weighted by molar-refractivity contribution is -0.132. The highest BCUT2D eigenvalue weighted by Crippen LogP contribution is 2.19. The van der Waals surface area contributed by atoms with E-state index in [4.69, 9.17) is 0 Å². The van der Waals surface area contributed by atoms with Gasteiger partial charge in [-0.05, 0) is 34.1 Å². The molecule has 0 radical (unpaired) electrons. The molecule has 0 saturated carbocycles. The number of carbonyl (C=O) groups excluding carboxylic acids is 2.